The molecule has 5 atom stereocenters. The molecule has 0 radical (unpaired) electrons. The average molecular weight is 489 g/mol. The van der Waals surface area contributed by atoms with E-state index in [-0.39, 0.29) is 31.6 Å². The van der Waals surface area contributed by atoms with Crippen LogP contribution in [-0.2, 0) is 23.9 Å². The van der Waals surface area contributed by atoms with Crippen LogP contribution >= 0.6 is 0 Å². The normalized spacial score (nSPS) is 32.8. The second-order valence-corrected chi connectivity index (χ2v) is 9.72. The van der Waals surface area contributed by atoms with Crippen molar-refractivity contribution >= 4 is 34.2 Å². The first-order chi connectivity index (χ1) is 17.5. The molecular weight excluding hydrogens is 460 g/mol. The Labute approximate surface area is 208 Å². The molecule has 2 amide bonds. The Morgan fingerprint density at radius 3 is 2.69 bits per heavy atom. The molecule has 2 fully saturated rings. The van der Waals surface area contributed by atoms with Crippen molar-refractivity contribution in [1.82, 2.24) is 4.90 Å². The maximum Gasteiger partial charge on any atom is 0.312 e. The number of β-amino-alcohol motifs (C(OH)–C–C–N with tert-alkyl or cyclic N) is 1. The Morgan fingerprint density at radius 2 is 1.86 bits per heavy atom. The summed E-state index contributed by atoms with van der Waals surface area (Å²) in [6.07, 6.45) is 8.17. The van der Waals surface area contributed by atoms with E-state index in [0.717, 1.165) is 17.2 Å². The van der Waals surface area contributed by atoms with Gasteiger partial charge in [0.1, 0.15) is 17.6 Å². The maximum atomic E-state index is 14.2. The van der Waals surface area contributed by atoms with Crippen LogP contribution in [0.3, 0.4) is 0 Å². The van der Waals surface area contributed by atoms with E-state index in [1.54, 1.807) is 11.0 Å². The van der Waals surface area contributed by atoms with Crippen molar-refractivity contribution < 1.29 is 29.0 Å². The predicted molar refractivity (Wildman–Crippen MR) is 132 cm³/mol. The zero-order valence-corrected chi connectivity index (χ0v) is 19.8. The van der Waals surface area contributed by atoms with E-state index in [1.165, 1.54) is 4.90 Å². The van der Waals surface area contributed by atoms with Gasteiger partial charge in [0.25, 0.3) is 5.91 Å². The number of hydrogen-bond donors (Lipinski definition) is 1. The molecule has 8 nitrogen and oxygen atoms in total. The Hall–Kier alpha value is -3.49. The number of carbonyl (C=O) groups excluding carboxylic acids is 3. The number of nitrogens with zero attached hydrogens (tertiary/aromatic N) is 2. The van der Waals surface area contributed by atoms with Gasteiger partial charge < -0.3 is 24.4 Å². The first kappa shape index (κ1) is 22.9. The summed E-state index contributed by atoms with van der Waals surface area (Å²) in [7, 11) is 0. The van der Waals surface area contributed by atoms with E-state index < -0.39 is 35.6 Å². The average Bonchev–Trinajstić information content (AvgIpc) is 3.29. The molecule has 186 valence electrons. The second-order valence-electron chi connectivity index (χ2n) is 9.72. The van der Waals surface area contributed by atoms with Crippen LogP contribution in [0.5, 0.6) is 0 Å². The highest BCUT2D eigenvalue weighted by atomic mass is 16.6. The van der Waals surface area contributed by atoms with Crippen molar-refractivity contribution in [3.05, 3.63) is 66.8 Å². The van der Waals surface area contributed by atoms with E-state index in [4.69, 9.17) is 9.47 Å². The first-order valence-electron chi connectivity index (χ1n) is 12.5. The van der Waals surface area contributed by atoms with Crippen molar-refractivity contribution in [2.75, 3.05) is 31.2 Å². The van der Waals surface area contributed by atoms with Crippen molar-refractivity contribution in [2.24, 2.45) is 11.8 Å². The summed E-state index contributed by atoms with van der Waals surface area (Å²) >= 11 is 0. The van der Waals surface area contributed by atoms with Gasteiger partial charge in [-0.25, -0.2) is 0 Å². The highest BCUT2D eigenvalue weighted by molar-refractivity contribution is 6.06. The lowest BCUT2D eigenvalue weighted by Gasteiger charge is -2.35. The molecule has 0 saturated carbocycles. The van der Waals surface area contributed by atoms with Crippen LogP contribution in [0, 0.1) is 11.8 Å². The Morgan fingerprint density at radius 1 is 1.03 bits per heavy atom. The number of aliphatic hydroxyl groups is 1. The quantitative estimate of drug-likeness (QED) is 0.526. The Kier molecular flexibility index (Phi) is 5.65. The molecule has 0 aliphatic carbocycles. The summed E-state index contributed by atoms with van der Waals surface area (Å²) in [5.41, 5.74) is -0.618. The minimum Gasteiger partial charge on any atom is -0.465 e. The molecular formula is C28H28N2O6. The summed E-state index contributed by atoms with van der Waals surface area (Å²) in [5.74, 6) is -2.93. The van der Waals surface area contributed by atoms with Gasteiger partial charge in [0.05, 0.1) is 25.2 Å². The summed E-state index contributed by atoms with van der Waals surface area (Å²) < 4.78 is 12.0. The van der Waals surface area contributed by atoms with Crippen molar-refractivity contribution in [2.45, 2.75) is 30.6 Å². The SMILES string of the molecule is O=C1OCCC/C=C\[C@H]2O[C@]34C=CCN(c5ccc6ccccc6c5)C(=O)C3N(CCO)C(=O)[C@@H]4[C@@H]12. The van der Waals surface area contributed by atoms with Gasteiger partial charge in [0.2, 0.25) is 5.91 Å². The fourth-order valence-corrected chi connectivity index (χ4v) is 6.18. The molecule has 4 heterocycles. The molecule has 8 heteroatoms. The molecule has 36 heavy (non-hydrogen) atoms. The van der Waals surface area contributed by atoms with Gasteiger partial charge >= 0.3 is 5.97 Å². The molecule has 2 aromatic carbocycles. The number of hydrogen-bond acceptors (Lipinski definition) is 6. The molecule has 2 saturated heterocycles. The molecule has 1 unspecified atom stereocenters. The minimum absolute atomic E-state index is 0.0292. The minimum atomic E-state index is -1.33. The third kappa shape index (κ3) is 3.39. The van der Waals surface area contributed by atoms with Gasteiger partial charge in [-0.1, -0.05) is 54.6 Å². The number of fused-ring (bicyclic) bond motifs is 3. The van der Waals surface area contributed by atoms with E-state index in [9.17, 15) is 19.5 Å². The Bertz CT molecular complexity index is 1290. The van der Waals surface area contributed by atoms with Crippen molar-refractivity contribution in [3.63, 3.8) is 0 Å². The predicted octanol–water partition coefficient (Wildman–Crippen LogP) is 2.21. The van der Waals surface area contributed by atoms with E-state index in [2.05, 4.69) is 0 Å². The third-order valence-corrected chi connectivity index (χ3v) is 7.74. The summed E-state index contributed by atoms with van der Waals surface area (Å²) in [4.78, 5) is 44.2. The number of aliphatic hydroxyl groups excluding tert-OH is 1. The smallest absolute Gasteiger partial charge is 0.312 e. The van der Waals surface area contributed by atoms with Crippen molar-refractivity contribution in [3.8, 4) is 0 Å². The lowest BCUT2D eigenvalue weighted by atomic mass is 9.78. The van der Waals surface area contributed by atoms with Gasteiger partial charge in [0, 0.05) is 18.8 Å². The fraction of sp³-hybridized carbons (Fsp3) is 0.393. The molecule has 4 aliphatic rings. The maximum absolute atomic E-state index is 14.2. The van der Waals surface area contributed by atoms with E-state index in [0.29, 0.717) is 18.7 Å². The molecule has 6 rings (SSSR count). The van der Waals surface area contributed by atoms with Crippen LogP contribution in [0.4, 0.5) is 5.69 Å². The number of benzene rings is 2. The fourth-order valence-electron chi connectivity index (χ4n) is 6.18. The Balaban J connectivity index is 1.44. The van der Waals surface area contributed by atoms with Crippen LogP contribution < -0.4 is 4.90 Å². The monoisotopic (exact) mass is 488 g/mol. The molecule has 2 aromatic rings. The number of anilines is 1. The summed E-state index contributed by atoms with van der Waals surface area (Å²) in [5, 5.41) is 11.8. The summed E-state index contributed by atoms with van der Waals surface area (Å²) in [6.45, 7) is 0.228. The number of amides is 2. The topological polar surface area (TPSA) is 96.4 Å². The number of likely N-dealkylation sites (tertiary alicyclic amines) is 1. The highest BCUT2D eigenvalue weighted by Gasteiger charge is 2.71. The summed E-state index contributed by atoms with van der Waals surface area (Å²) in [6, 6.07) is 12.7. The number of esters is 1. The molecule has 1 spiro atoms. The number of cyclic esters (lactones) is 1. The van der Waals surface area contributed by atoms with Crippen molar-refractivity contribution in [1.29, 1.82) is 0 Å². The van der Waals surface area contributed by atoms with Crippen LogP contribution in [0.15, 0.2) is 66.8 Å². The molecule has 4 aliphatic heterocycles. The largest absolute Gasteiger partial charge is 0.465 e. The zero-order valence-electron chi connectivity index (χ0n) is 19.8. The van der Waals surface area contributed by atoms with Gasteiger partial charge in [-0.2, -0.15) is 0 Å². The standard InChI is InChI=1S/C28H28N2O6/c31-15-14-30-24-26(33)29(20-11-10-18-7-3-4-8-19(18)17-20)13-6-12-28(24)23(25(30)32)22-21(36-28)9-2-1-5-16-35-27(22)34/h2-4,6-12,17,21-24,31H,1,5,13-16H2/b9-2-/t21-,22+,23+,24?,28+/m1/s1. The molecule has 1 N–H and O–H groups in total. The number of ether oxygens (including phenoxy) is 2. The van der Waals surface area contributed by atoms with Crippen LogP contribution in [0.25, 0.3) is 10.8 Å². The van der Waals surface area contributed by atoms with Crippen LogP contribution in [0.1, 0.15) is 12.8 Å². The lowest BCUT2D eigenvalue weighted by Crippen LogP contribution is -2.55. The van der Waals surface area contributed by atoms with Gasteiger partial charge in [-0.3, -0.25) is 14.4 Å². The van der Waals surface area contributed by atoms with Gasteiger partial charge in [-0.15, -0.1) is 0 Å². The van der Waals surface area contributed by atoms with Gasteiger partial charge in [-0.05, 0) is 35.7 Å². The second kappa shape index (κ2) is 8.87. The first-order valence-corrected chi connectivity index (χ1v) is 12.5. The lowest BCUT2D eigenvalue weighted by molar-refractivity contribution is -0.154. The van der Waals surface area contributed by atoms with E-state index >= 15 is 0 Å². The number of rotatable bonds is 3. The molecule has 0 aromatic heterocycles. The van der Waals surface area contributed by atoms with Gasteiger partial charge in [0.15, 0.2) is 0 Å². The zero-order chi connectivity index (χ0) is 24.9. The number of carbonyl (C=O) groups is 3. The van der Waals surface area contributed by atoms with Crippen LogP contribution in [-0.4, -0.2) is 71.8 Å². The van der Waals surface area contributed by atoms with Crippen LogP contribution in [0.2, 0.25) is 0 Å². The third-order valence-electron chi connectivity index (χ3n) is 7.74. The van der Waals surface area contributed by atoms with E-state index in [1.807, 2.05) is 60.7 Å². The molecule has 0 bridgehead atoms. The number of allylic oxidation sites excluding steroid dienone is 1. The highest BCUT2D eigenvalue weighted by Crippen LogP contribution is 2.53.